The van der Waals surface area contributed by atoms with Gasteiger partial charge in [0.05, 0.1) is 6.61 Å². The molecule has 1 N–H and O–H groups in total. The first-order valence-electron chi connectivity index (χ1n) is 4.95. The van der Waals surface area contributed by atoms with Gasteiger partial charge in [-0.3, -0.25) is 14.4 Å². The van der Waals surface area contributed by atoms with Crippen molar-refractivity contribution >= 4 is 5.97 Å². The summed E-state index contributed by atoms with van der Waals surface area (Å²) in [6.45, 7) is 1.45. The molecule has 1 fully saturated rings. The number of carboxylic acid groups (broad SMARTS) is 1. The van der Waals surface area contributed by atoms with E-state index in [0.717, 1.165) is 0 Å². The Kier molecular flexibility index (Phi) is 3.80. The largest absolute Gasteiger partial charge is 0.522 e. The van der Waals surface area contributed by atoms with Gasteiger partial charge in [-0.2, -0.15) is 0 Å². The molecule has 0 aliphatic carbocycles. The topological polar surface area (TPSA) is 49.8 Å². The Hall–Kier alpha value is -0.820. The molecular formula is C9H14F3NO3. The van der Waals surface area contributed by atoms with E-state index < -0.39 is 24.5 Å². The highest BCUT2D eigenvalue weighted by molar-refractivity contribution is 5.78. The molecule has 0 saturated carbocycles. The fraction of sp³-hybridized carbons (Fsp3) is 0.889. The quantitative estimate of drug-likeness (QED) is 0.809. The number of aliphatic carboxylic acids is 1. The summed E-state index contributed by atoms with van der Waals surface area (Å²) >= 11 is 0. The number of rotatable bonds is 4. The standard InChI is InChI=1S/C9H14F3NO3/c1-8(7(14)15)3-2-4-13(8)5-6-16-9(10,11)12/h2-6H2,1H3,(H,14,15). The van der Waals surface area contributed by atoms with Gasteiger partial charge in [-0.25, -0.2) is 0 Å². The van der Waals surface area contributed by atoms with E-state index >= 15 is 0 Å². The van der Waals surface area contributed by atoms with Crippen molar-refractivity contribution in [1.29, 1.82) is 0 Å². The smallest absolute Gasteiger partial charge is 0.480 e. The van der Waals surface area contributed by atoms with Crippen LogP contribution in [0.5, 0.6) is 0 Å². The summed E-state index contributed by atoms with van der Waals surface area (Å²) in [4.78, 5) is 12.5. The van der Waals surface area contributed by atoms with Gasteiger partial charge in [-0.05, 0) is 26.3 Å². The molecule has 0 aromatic carbocycles. The lowest BCUT2D eigenvalue weighted by atomic mass is 9.99. The lowest BCUT2D eigenvalue weighted by molar-refractivity contribution is -0.325. The molecule has 0 bridgehead atoms. The molecule has 1 saturated heterocycles. The zero-order valence-electron chi connectivity index (χ0n) is 8.88. The first-order chi connectivity index (χ1) is 7.26. The average Bonchev–Trinajstić information content (AvgIpc) is 2.47. The zero-order chi connectivity index (χ0) is 12.4. The molecule has 1 rings (SSSR count). The second kappa shape index (κ2) is 4.58. The van der Waals surface area contributed by atoms with Gasteiger partial charge in [0.2, 0.25) is 0 Å². The van der Waals surface area contributed by atoms with Gasteiger partial charge in [0.25, 0.3) is 0 Å². The van der Waals surface area contributed by atoms with Gasteiger partial charge in [-0.15, -0.1) is 13.2 Å². The maximum Gasteiger partial charge on any atom is 0.522 e. The van der Waals surface area contributed by atoms with Gasteiger partial charge < -0.3 is 5.11 Å². The number of carbonyl (C=O) groups is 1. The Balaban J connectivity index is 2.45. The number of nitrogens with zero attached hydrogens (tertiary/aromatic N) is 1. The third-order valence-electron chi connectivity index (χ3n) is 2.88. The summed E-state index contributed by atoms with van der Waals surface area (Å²) in [6.07, 6.45) is -3.53. The van der Waals surface area contributed by atoms with Gasteiger partial charge >= 0.3 is 12.3 Å². The Morgan fingerprint density at radius 2 is 2.19 bits per heavy atom. The lowest BCUT2D eigenvalue weighted by Crippen LogP contribution is -2.49. The van der Waals surface area contributed by atoms with Crippen LogP contribution in [-0.2, 0) is 9.53 Å². The van der Waals surface area contributed by atoms with E-state index in [1.54, 1.807) is 0 Å². The fourth-order valence-corrected chi connectivity index (χ4v) is 1.89. The van der Waals surface area contributed by atoms with E-state index in [1.807, 2.05) is 0 Å². The molecule has 1 heterocycles. The molecule has 0 spiro atoms. The molecular weight excluding hydrogens is 227 g/mol. The third kappa shape index (κ3) is 3.08. The zero-order valence-corrected chi connectivity index (χ0v) is 8.88. The first kappa shape index (κ1) is 13.2. The van der Waals surface area contributed by atoms with E-state index in [4.69, 9.17) is 5.11 Å². The molecule has 0 radical (unpaired) electrons. The van der Waals surface area contributed by atoms with Crippen LogP contribution in [0.2, 0.25) is 0 Å². The maximum absolute atomic E-state index is 11.7. The molecule has 16 heavy (non-hydrogen) atoms. The normalized spacial score (nSPS) is 27.2. The number of likely N-dealkylation sites (tertiary alicyclic amines) is 1. The van der Waals surface area contributed by atoms with Crippen molar-refractivity contribution in [2.24, 2.45) is 0 Å². The number of ether oxygens (including phenoxy) is 1. The number of hydrogen-bond donors (Lipinski definition) is 1. The molecule has 0 amide bonds. The number of alkyl halides is 3. The highest BCUT2D eigenvalue weighted by Crippen LogP contribution is 2.29. The second-order valence-corrected chi connectivity index (χ2v) is 3.96. The summed E-state index contributed by atoms with van der Waals surface area (Å²) in [5.41, 5.74) is -1.06. The first-order valence-corrected chi connectivity index (χ1v) is 4.95. The predicted octanol–water partition coefficient (Wildman–Crippen LogP) is 1.46. The van der Waals surface area contributed by atoms with Crippen LogP contribution < -0.4 is 0 Å². The van der Waals surface area contributed by atoms with Crippen molar-refractivity contribution in [2.45, 2.75) is 31.7 Å². The molecule has 1 unspecified atom stereocenters. The van der Waals surface area contributed by atoms with E-state index in [0.29, 0.717) is 19.4 Å². The summed E-state index contributed by atoms with van der Waals surface area (Å²) in [5.74, 6) is -1.00. The minimum Gasteiger partial charge on any atom is -0.480 e. The molecule has 1 aliphatic rings. The molecule has 1 aliphatic heterocycles. The van der Waals surface area contributed by atoms with Crippen LogP contribution >= 0.6 is 0 Å². The minimum absolute atomic E-state index is 0.0255. The van der Waals surface area contributed by atoms with Crippen molar-refractivity contribution < 1.29 is 27.8 Å². The highest BCUT2D eigenvalue weighted by atomic mass is 19.4. The van der Waals surface area contributed by atoms with Crippen LogP contribution in [0, 0.1) is 0 Å². The van der Waals surface area contributed by atoms with Crippen LogP contribution in [-0.4, -0.2) is 47.6 Å². The Labute approximate surface area is 91.0 Å². The third-order valence-corrected chi connectivity index (χ3v) is 2.88. The monoisotopic (exact) mass is 241 g/mol. The van der Waals surface area contributed by atoms with E-state index in [9.17, 15) is 18.0 Å². The van der Waals surface area contributed by atoms with Crippen molar-refractivity contribution in [3.63, 3.8) is 0 Å². The van der Waals surface area contributed by atoms with Crippen LogP contribution in [0.15, 0.2) is 0 Å². The summed E-state index contributed by atoms with van der Waals surface area (Å²) in [5, 5.41) is 9.00. The Bertz CT molecular complexity index is 269. The SMILES string of the molecule is CC1(C(=O)O)CCCN1CCOC(F)(F)F. The predicted molar refractivity (Wildman–Crippen MR) is 48.9 cm³/mol. The molecule has 0 aromatic rings. The highest BCUT2D eigenvalue weighted by Gasteiger charge is 2.43. The van der Waals surface area contributed by atoms with Crippen LogP contribution in [0.3, 0.4) is 0 Å². The van der Waals surface area contributed by atoms with Gasteiger partial charge in [0.15, 0.2) is 0 Å². The summed E-state index contributed by atoms with van der Waals surface area (Å²) < 4.78 is 38.8. The maximum atomic E-state index is 11.7. The molecule has 0 aromatic heterocycles. The minimum atomic E-state index is -4.65. The lowest BCUT2D eigenvalue weighted by Gasteiger charge is -2.30. The molecule has 94 valence electrons. The van der Waals surface area contributed by atoms with Crippen molar-refractivity contribution in [2.75, 3.05) is 19.7 Å². The molecule has 4 nitrogen and oxygen atoms in total. The van der Waals surface area contributed by atoms with Gasteiger partial charge in [0.1, 0.15) is 5.54 Å². The van der Waals surface area contributed by atoms with Crippen molar-refractivity contribution in [1.82, 2.24) is 4.90 Å². The van der Waals surface area contributed by atoms with Crippen LogP contribution in [0.25, 0.3) is 0 Å². The van der Waals surface area contributed by atoms with Crippen molar-refractivity contribution in [3.05, 3.63) is 0 Å². The van der Waals surface area contributed by atoms with E-state index in [1.165, 1.54) is 11.8 Å². The Morgan fingerprint density at radius 3 is 2.69 bits per heavy atom. The fourth-order valence-electron chi connectivity index (χ4n) is 1.89. The van der Waals surface area contributed by atoms with E-state index in [-0.39, 0.29) is 6.54 Å². The average molecular weight is 241 g/mol. The molecule has 7 heteroatoms. The van der Waals surface area contributed by atoms with Gasteiger partial charge in [0, 0.05) is 6.54 Å². The van der Waals surface area contributed by atoms with Crippen LogP contribution in [0.4, 0.5) is 13.2 Å². The van der Waals surface area contributed by atoms with Gasteiger partial charge in [-0.1, -0.05) is 0 Å². The summed E-state index contributed by atoms with van der Waals surface area (Å²) in [6, 6.07) is 0. The second-order valence-electron chi connectivity index (χ2n) is 3.96. The van der Waals surface area contributed by atoms with Crippen molar-refractivity contribution in [3.8, 4) is 0 Å². The number of halogens is 3. The van der Waals surface area contributed by atoms with Crippen LogP contribution in [0.1, 0.15) is 19.8 Å². The Morgan fingerprint density at radius 1 is 1.56 bits per heavy atom. The number of hydrogen-bond acceptors (Lipinski definition) is 3. The van der Waals surface area contributed by atoms with E-state index in [2.05, 4.69) is 4.74 Å². The molecule has 1 atom stereocenters. The number of carboxylic acids is 1. The summed E-state index contributed by atoms with van der Waals surface area (Å²) in [7, 11) is 0.